The number of allylic oxidation sites excluding steroid dienone is 1. The number of sulfone groups is 1. The third kappa shape index (κ3) is 3.96. The summed E-state index contributed by atoms with van der Waals surface area (Å²) >= 11 is 0. The van der Waals surface area contributed by atoms with Crippen LogP contribution in [0, 0.1) is 17.4 Å². The highest BCUT2D eigenvalue weighted by atomic mass is 32.2. The van der Waals surface area contributed by atoms with Crippen LogP contribution in [0.3, 0.4) is 0 Å². The van der Waals surface area contributed by atoms with Crippen molar-refractivity contribution in [2.24, 2.45) is 5.92 Å². The summed E-state index contributed by atoms with van der Waals surface area (Å²) in [5.41, 5.74) is 5.15. The molecule has 0 bridgehead atoms. The molecule has 148 valence electrons. The van der Waals surface area contributed by atoms with Crippen LogP contribution in [0.5, 0.6) is 0 Å². The predicted molar refractivity (Wildman–Crippen MR) is 119 cm³/mol. The average Bonchev–Trinajstić information content (AvgIpc) is 3.24. The number of rotatable bonds is 3. The van der Waals surface area contributed by atoms with Gasteiger partial charge in [-0.05, 0) is 24.6 Å². The number of benzene rings is 2. The quantitative estimate of drug-likeness (QED) is 0.515. The highest BCUT2D eigenvalue weighted by Gasteiger charge is 2.46. The third-order valence-corrected chi connectivity index (χ3v) is 7.83. The van der Waals surface area contributed by atoms with Crippen molar-refractivity contribution in [2.45, 2.75) is 37.1 Å². The molecular weight excluding hydrogens is 396 g/mol. The molecule has 1 heterocycles. The van der Waals surface area contributed by atoms with Crippen LogP contribution in [0.4, 0.5) is 0 Å². The van der Waals surface area contributed by atoms with Crippen LogP contribution < -0.4 is 0 Å². The monoisotopic (exact) mass is 420 g/mol. The smallest absolute Gasteiger partial charge is 0.206 e. The van der Waals surface area contributed by atoms with Crippen molar-refractivity contribution in [3.05, 3.63) is 82.8 Å². The van der Waals surface area contributed by atoms with Crippen molar-refractivity contribution in [3.63, 3.8) is 0 Å². The van der Waals surface area contributed by atoms with Crippen molar-refractivity contribution in [2.75, 3.05) is 0 Å². The zero-order valence-electron chi connectivity index (χ0n) is 16.8. The van der Waals surface area contributed by atoms with E-state index in [1.807, 2.05) is 42.5 Å². The van der Waals surface area contributed by atoms with Crippen LogP contribution in [0.1, 0.15) is 12.0 Å². The van der Waals surface area contributed by atoms with Gasteiger partial charge in [-0.1, -0.05) is 74.1 Å². The van der Waals surface area contributed by atoms with E-state index in [4.69, 9.17) is 4.74 Å². The van der Waals surface area contributed by atoms with Gasteiger partial charge >= 0.3 is 0 Å². The van der Waals surface area contributed by atoms with Crippen LogP contribution in [0.15, 0.2) is 82.1 Å². The largest absolute Gasteiger partial charge is 0.484 e. The second-order valence-corrected chi connectivity index (χ2v) is 15.1. The topological polar surface area (TPSA) is 43.4 Å². The van der Waals surface area contributed by atoms with Gasteiger partial charge in [-0.25, -0.2) is 8.42 Å². The van der Waals surface area contributed by atoms with Crippen molar-refractivity contribution in [1.82, 2.24) is 0 Å². The Bertz CT molecular complexity index is 1150. The van der Waals surface area contributed by atoms with E-state index >= 15 is 0 Å². The number of hydrogen-bond acceptors (Lipinski definition) is 3. The highest BCUT2D eigenvalue weighted by Crippen LogP contribution is 2.48. The minimum Gasteiger partial charge on any atom is -0.484 e. The van der Waals surface area contributed by atoms with E-state index in [9.17, 15) is 8.42 Å². The van der Waals surface area contributed by atoms with Gasteiger partial charge in [-0.3, -0.25) is 0 Å². The van der Waals surface area contributed by atoms with Crippen molar-refractivity contribution in [1.29, 1.82) is 0 Å². The fraction of sp³-hybridized carbons (Fsp3) is 0.250. The SMILES string of the molecule is C[Si](C)(C)C#CC1=C[C@@H]2OC(c3ccccc3)=C(S(=O)(=O)c3ccccc3)[C@@H]2C1. The minimum atomic E-state index is -3.68. The first-order chi connectivity index (χ1) is 13.8. The summed E-state index contributed by atoms with van der Waals surface area (Å²) in [6.07, 6.45) is 2.32. The molecule has 0 fully saturated rings. The third-order valence-electron chi connectivity index (χ3n) is 4.99. The fourth-order valence-electron chi connectivity index (χ4n) is 3.66. The number of ether oxygens (including phenoxy) is 1. The second-order valence-electron chi connectivity index (χ2n) is 8.46. The zero-order chi connectivity index (χ0) is 20.6. The molecule has 29 heavy (non-hydrogen) atoms. The summed E-state index contributed by atoms with van der Waals surface area (Å²) in [7, 11) is -5.18. The molecule has 2 aliphatic rings. The molecule has 2 aromatic rings. The molecule has 0 amide bonds. The minimum absolute atomic E-state index is 0.235. The number of fused-ring (bicyclic) bond motifs is 1. The van der Waals surface area contributed by atoms with Gasteiger partial charge < -0.3 is 4.74 Å². The molecule has 2 aromatic carbocycles. The first-order valence-electron chi connectivity index (χ1n) is 9.76. The first-order valence-corrected chi connectivity index (χ1v) is 14.7. The van der Waals surface area contributed by atoms with E-state index in [-0.39, 0.29) is 12.0 Å². The molecule has 2 atom stereocenters. The molecule has 0 aromatic heterocycles. The maximum Gasteiger partial charge on any atom is 0.206 e. The van der Waals surface area contributed by atoms with Crippen LogP contribution in [0.25, 0.3) is 5.76 Å². The van der Waals surface area contributed by atoms with Crippen LogP contribution in [-0.2, 0) is 14.6 Å². The molecule has 0 N–H and O–H groups in total. The Kier molecular flexibility index (Phi) is 5.01. The van der Waals surface area contributed by atoms with E-state index in [1.54, 1.807) is 24.3 Å². The highest BCUT2D eigenvalue weighted by molar-refractivity contribution is 7.95. The van der Waals surface area contributed by atoms with Crippen molar-refractivity contribution < 1.29 is 13.2 Å². The summed E-state index contributed by atoms with van der Waals surface area (Å²) in [5.74, 6) is 3.53. The van der Waals surface area contributed by atoms with Crippen molar-refractivity contribution in [3.8, 4) is 11.5 Å². The zero-order valence-corrected chi connectivity index (χ0v) is 18.7. The summed E-state index contributed by atoms with van der Waals surface area (Å²) in [6, 6.07) is 18.1. The van der Waals surface area contributed by atoms with Gasteiger partial charge in [0.05, 0.1) is 9.80 Å². The summed E-state index contributed by atoms with van der Waals surface area (Å²) in [6.45, 7) is 6.60. The Balaban J connectivity index is 1.79. The van der Waals surface area contributed by atoms with Gasteiger partial charge in [0.25, 0.3) is 0 Å². The molecule has 0 unspecified atom stereocenters. The predicted octanol–water partition coefficient (Wildman–Crippen LogP) is 5.06. The van der Waals surface area contributed by atoms with Gasteiger partial charge in [-0.15, -0.1) is 5.54 Å². The number of hydrogen-bond donors (Lipinski definition) is 0. The van der Waals surface area contributed by atoms with Crippen LogP contribution in [-0.4, -0.2) is 22.6 Å². The Morgan fingerprint density at radius 2 is 1.59 bits per heavy atom. The summed E-state index contributed by atoms with van der Waals surface area (Å²) < 4.78 is 33.4. The molecule has 1 aliphatic heterocycles. The molecule has 4 rings (SSSR count). The molecule has 0 saturated heterocycles. The Hall–Kier alpha value is -2.55. The van der Waals surface area contributed by atoms with Crippen LogP contribution >= 0.6 is 0 Å². The maximum atomic E-state index is 13.6. The summed E-state index contributed by atoms with van der Waals surface area (Å²) in [5, 5.41) is 0. The van der Waals surface area contributed by atoms with Gasteiger partial charge in [0.1, 0.15) is 19.9 Å². The van der Waals surface area contributed by atoms with Gasteiger partial charge in [-0.2, -0.15) is 0 Å². The average molecular weight is 421 g/mol. The van der Waals surface area contributed by atoms with Crippen LogP contribution in [0.2, 0.25) is 19.6 Å². The Labute approximate surface area is 174 Å². The maximum absolute atomic E-state index is 13.6. The van der Waals surface area contributed by atoms with Crippen molar-refractivity contribution >= 4 is 23.7 Å². The molecule has 0 radical (unpaired) electrons. The fourth-order valence-corrected chi connectivity index (χ4v) is 6.00. The van der Waals surface area contributed by atoms with Gasteiger partial charge in [0, 0.05) is 17.1 Å². The van der Waals surface area contributed by atoms with E-state index < -0.39 is 17.9 Å². The molecule has 0 spiro atoms. The van der Waals surface area contributed by atoms with E-state index in [2.05, 4.69) is 31.1 Å². The lowest BCUT2D eigenvalue weighted by atomic mass is 10.0. The Morgan fingerprint density at radius 1 is 0.966 bits per heavy atom. The second kappa shape index (κ2) is 7.36. The first kappa shape index (κ1) is 19.7. The molecule has 0 saturated carbocycles. The van der Waals surface area contributed by atoms with Gasteiger partial charge in [0.15, 0.2) is 0 Å². The standard InChI is InChI=1S/C24H24O3SSi/c1-29(2,3)15-14-18-16-21-22(17-18)27-23(19-10-6-4-7-11-19)24(21)28(25,26)20-12-8-5-9-13-20/h4-13,17,21-22H,16H2,1-3H3/t21-,22+/m1/s1. The lowest BCUT2D eigenvalue weighted by Crippen LogP contribution is -2.17. The van der Waals surface area contributed by atoms with E-state index in [0.29, 0.717) is 22.0 Å². The van der Waals surface area contributed by atoms with E-state index in [0.717, 1.165) is 11.1 Å². The molecular formula is C24H24O3SSi. The molecule has 1 aliphatic carbocycles. The van der Waals surface area contributed by atoms with Gasteiger partial charge in [0.2, 0.25) is 9.84 Å². The molecule has 5 heteroatoms. The summed E-state index contributed by atoms with van der Waals surface area (Å²) in [4.78, 5) is 0.676. The molecule has 3 nitrogen and oxygen atoms in total. The Morgan fingerprint density at radius 3 is 2.21 bits per heavy atom. The normalized spacial score (nSPS) is 21.1. The lowest BCUT2D eigenvalue weighted by molar-refractivity contribution is 0.207. The van der Waals surface area contributed by atoms with E-state index in [1.165, 1.54) is 0 Å². The lowest BCUT2D eigenvalue weighted by Gasteiger charge is -2.13.